The first-order chi connectivity index (χ1) is 8.58. The third kappa shape index (κ3) is 2.49. The summed E-state index contributed by atoms with van der Waals surface area (Å²) in [6.45, 7) is 0. The van der Waals surface area contributed by atoms with E-state index in [1.54, 1.807) is 24.3 Å². The summed E-state index contributed by atoms with van der Waals surface area (Å²) in [4.78, 5) is 14.0. The lowest BCUT2D eigenvalue weighted by atomic mass is 10.3. The number of pyridine rings is 1. The van der Waals surface area contributed by atoms with Crippen molar-refractivity contribution in [2.75, 3.05) is 5.73 Å². The van der Waals surface area contributed by atoms with Crippen LogP contribution in [0.3, 0.4) is 0 Å². The van der Waals surface area contributed by atoms with Crippen molar-refractivity contribution in [1.82, 2.24) is 4.98 Å². The zero-order valence-electron chi connectivity index (χ0n) is 9.04. The van der Waals surface area contributed by atoms with Gasteiger partial charge in [-0.05, 0) is 12.1 Å². The maximum atomic E-state index is 10.8. The first-order valence-corrected chi connectivity index (χ1v) is 5.28. The van der Waals surface area contributed by atoms with Crippen LogP contribution in [0.25, 0.3) is 0 Å². The summed E-state index contributed by atoms with van der Waals surface area (Å²) in [6.07, 6.45) is 1.27. The summed E-state index contributed by atoms with van der Waals surface area (Å²) < 4.78 is 5.32. The van der Waals surface area contributed by atoms with Gasteiger partial charge in [0.15, 0.2) is 5.75 Å². The molecule has 92 valence electrons. The molecular weight excluding hydrogens is 258 g/mol. The smallest absolute Gasteiger partial charge is 0.332 e. The summed E-state index contributed by atoms with van der Waals surface area (Å²) >= 11 is 5.65. The van der Waals surface area contributed by atoms with E-state index in [9.17, 15) is 10.1 Å². The highest BCUT2D eigenvalue weighted by atomic mass is 35.5. The predicted molar refractivity (Wildman–Crippen MR) is 66.8 cm³/mol. The number of nitro groups is 1. The maximum Gasteiger partial charge on any atom is 0.332 e. The van der Waals surface area contributed by atoms with E-state index in [4.69, 9.17) is 22.1 Å². The number of ether oxygens (including phenoxy) is 1. The molecule has 0 atom stereocenters. The van der Waals surface area contributed by atoms with Gasteiger partial charge >= 0.3 is 5.69 Å². The van der Waals surface area contributed by atoms with E-state index in [0.717, 1.165) is 0 Å². The summed E-state index contributed by atoms with van der Waals surface area (Å²) in [6, 6.07) is 7.81. The number of nitrogen functional groups attached to an aromatic ring is 1. The second-order valence-corrected chi connectivity index (χ2v) is 3.81. The van der Waals surface area contributed by atoms with Crippen LogP contribution >= 0.6 is 11.6 Å². The van der Waals surface area contributed by atoms with E-state index in [-0.39, 0.29) is 16.6 Å². The Kier molecular flexibility index (Phi) is 3.29. The van der Waals surface area contributed by atoms with E-state index in [2.05, 4.69) is 4.98 Å². The van der Waals surface area contributed by atoms with Crippen LogP contribution in [-0.2, 0) is 0 Å². The Morgan fingerprint density at radius 3 is 2.78 bits per heavy atom. The van der Waals surface area contributed by atoms with E-state index >= 15 is 0 Å². The lowest BCUT2D eigenvalue weighted by Gasteiger charge is -2.07. The van der Waals surface area contributed by atoms with E-state index in [0.29, 0.717) is 11.4 Å². The van der Waals surface area contributed by atoms with Gasteiger partial charge in [-0.15, -0.1) is 0 Å². The fourth-order valence-electron chi connectivity index (χ4n) is 1.30. The van der Waals surface area contributed by atoms with Gasteiger partial charge in [0, 0.05) is 6.07 Å². The normalized spacial score (nSPS) is 10.1. The molecule has 0 fully saturated rings. The van der Waals surface area contributed by atoms with Crippen LogP contribution < -0.4 is 10.5 Å². The second kappa shape index (κ2) is 4.89. The molecule has 2 aromatic rings. The van der Waals surface area contributed by atoms with E-state index < -0.39 is 4.92 Å². The molecule has 6 nitrogen and oxygen atoms in total. The zero-order valence-corrected chi connectivity index (χ0v) is 9.79. The molecule has 18 heavy (non-hydrogen) atoms. The molecule has 0 bridgehead atoms. The van der Waals surface area contributed by atoms with Crippen molar-refractivity contribution in [3.8, 4) is 11.6 Å². The second-order valence-electron chi connectivity index (χ2n) is 3.37. The average molecular weight is 266 g/mol. The van der Waals surface area contributed by atoms with Crippen LogP contribution in [0, 0.1) is 10.1 Å². The Hall–Kier alpha value is -2.34. The number of nitrogens with zero attached hydrogens (tertiary/aromatic N) is 2. The number of hydrogen-bond acceptors (Lipinski definition) is 5. The van der Waals surface area contributed by atoms with Crippen molar-refractivity contribution in [2.45, 2.75) is 0 Å². The van der Waals surface area contributed by atoms with Gasteiger partial charge in [-0.3, -0.25) is 10.1 Å². The van der Waals surface area contributed by atoms with Crippen molar-refractivity contribution in [1.29, 1.82) is 0 Å². The van der Waals surface area contributed by atoms with Gasteiger partial charge in [0.25, 0.3) is 5.88 Å². The number of aromatic nitrogens is 1. The van der Waals surface area contributed by atoms with Crippen LogP contribution in [-0.4, -0.2) is 9.91 Å². The predicted octanol–water partition coefficient (Wildman–Crippen LogP) is 3.02. The molecule has 2 N–H and O–H groups in total. The molecule has 0 saturated carbocycles. The first kappa shape index (κ1) is 12.1. The van der Waals surface area contributed by atoms with Gasteiger partial charge in [0.2, 0.25) is 0 Å². The molecule has 0 spiro atoms. The molecular formula is C11H8ClN3O3. The van der Waals surface area contributed by atoms with Crippen LogP contribution in [0.5, 0.6) is 11.6 Å². The molecule has 1 heterocycles. The van der Waals surface area contributed by atoms with Gasteiger partial charge in [-0.2, -0.15) is 0 Å². The highest BCUT2D eigenvalue weighted by molar-refractivity contribution is 6.30. The SMILES string of the molecule is Nc1ccccc1Oc1ncc(Cl)cc1[N+](=O)[O-]. The Balaban J connectivity index is 2.41. The number of hydrogen-bond donors (Lipinski definition) is 1. The number of rotatable bonds is 3. The highest BCUT2D eigenvalue weighted by Crippen LogP contribution is 2.33. The largest absolute Gasteiger partial charge is 0.431 e. The minimum atomic E-state index is -0.618. The number of nitrogens with two attached hydrogens (primary N) is 1. The van der Waals surface area contributed by atoms with Crippen molar-refractivity contribution in [3.63, 3.8) is 0 Å². The minimum Gasteiger partial charge on any atom is -0.431 e. The van der Waals surface area contributed by atoms with Gasteiger partial charge in [0.1, 0.15) is 0 Å². The van der Waals surface area contributed by atoms with E-state index in [1.807, 2.05) is 0 Å². The lowest BCUT2D eigenvalue weighted by Crippen LogP contribution is -1.97. The molecule has 1 aromatic carbocycles. The fraction of sp³-hybridized carbons (Fsp3) is 0. The zero-order chi connectivity index (χ0) is 13.1. The van der Waals surface area contributed by atoms with Crippen LogP contribution in [0.15, 0.2) is 36.5 Å². The third-order valence-electron chi connectivity index (χ3n) is 2.12. The van der Waals surface area contributed by atoms with E-state index in [1.165, 1.54) is 12.3 Å². The fourth-order valence-corrected chi connectivity index (χ4v) is 1.46. The summed E-state index contributed by atoms with van der Waals surface area (Å²) in [7, 11) is 0. The maximum absolute atomic E-state index is 10.8. The van der Waals surface area contributed by atoms with Gasteiger partial charge in [-0.1, -0.05) is 23.7 Å². The van der Waals surface area contributed by atoms with Gasteiger partial charge < -0.3 is 10.5 Å². The lowest BCUT2D eigenvalue weighted by molar-refractivity contribution is -0.386. The number of anilines is 1. The summed E-state index contributed by atoms with van der Waals surface area (Å²) in [5.41, 5.74) is 5.73. The quantitative estimate of drug-likeness (QED) is 0.523. The Morgan fingerprint density at radius 2 is 2.11 bits per heavy atom. The number of halogens is 1. The van der Waals surface area contributed by atoms with Crippen molar-refractivity contribution >= 4 is 23.0 Å². The van der Waals surface area contributed by atoms with Crippen molar-refractivity contribution < 1.29 is 9.66 Å². The topological polar surface area (TPSA) is 91.3 Å². The molecule has 0 aliphatic heterocycles. The standard InChI is InChI=1S/C11H8ClN3O3/c12-7-5-9(15(16)17)11(14-6-7)18-10-4-2-1-3-8(10)13/h1-6H,13H2. The summed E-state index contributed by atoms with van der Waals surface area (Å²) in [5.74, 6) is 0.151. The number of para-hydroxylation sites is 2. The molecule has 0 aliphatic rings. The average Bonchev–Trinajstić information content (AvgIpc) is 2.34. The highest BCUT2D eigenvalue weighted by Gasteiger charge is 2.18. The van der Waals surface area contributed by atoms with Crippen LogP contribution in [0.1, 0.15) is 0 Å². The van der Waals surface area contributed by atoms with Gasteiger partial charge in [0.05, 0.1) is 21.8 Å². The molecule has 0 radical (unpaired) electrons. The third-order valence-corrected chi connectivity index (χ3v) is 2.33. The molecule has 7 heteroatoms. The molecule has 0 saturated heterocycles. The minimum absolute atomic E-state index is 0.151. The van der Waals surface area contributed by atoms with Crippen LogP contribution in [0.2, 0.25) is 5.02 Å². The molecule has 2 rings (SSSR count). The van der Waals surface area contributed by atoms with Crippen molar-refractivity contribution in [2.24, 2.45) is 0 Å². The molecule has 0 aliphatic carbocycles. The van der Waals surface area contributed by atoms with Crippen LogP contribution in [0.4, 0.5) is 11.4 Å². The Labute approximate surface area is 107 Å². The first-order valence-electron chi connectivity index (χ1n) is 4.90. The Morgan fingerprint density at radius 1 is 1.39 bits per heavy atom. The number of benzene rings is 1. The van der Waals surface area contributed by atoms with Crippen molar-refractivity contribution in [3.05, 3.63) is 51.7 Å². The molecule has 0 unspecified atom stereocenters. The molecule has 0 amide bonds. The summed E-state index contributed by atoms with van der Waals surface area (Å²) in [5, 5.41) is 11.0. The van der Waals surface area contributed by atoms with Gasteiger partial charge in [-0.25, -0.2) is 4.98 Å². The Bertz CT molecular complexity index is 604. The monoisotopic (exact) mass is 265 g/mol. The molecule has 1 aromatic heterocycles.